The van der Waals surface area contributed by atoms with Crippen molar-refractivity contribution in [1.29, 1.82) is 0 Å². The van der Waals surface area contributed by atoms with E-state index in [9.17, 15) is 5.11 Å². The minimum absolute atomic E-state index is 0.00697. The van der Waals surface area contributed by atoms with E-state index >= 15 is 0 Å². The normalized spacial score (nSPS) is 45.2. The highest BCUT2D eigenvalue weighted by Gasteiger charge is 2.54. The Morgan fingerprint density at radius 3 is 2.68 bits per heavy atom. The molecule has 0 amide bonds. The van der Waals surface area contributed by atoms with Crippen LogP contribution < -0.4 is 5.32 Å². The molecule has 1 saturated carbocycles. The van der Waals surface area contributed by atoms with E-state index in [1.165, 1.54) is 16.8 Å². The Balaban J connectivity index is 1.51. The van der Waals surface area contributed by atoms with Gasteiger partial charge in [-0.1, -0.05) is 83.2 Å². The molecule has 2 aliphatic carbocycles. The molecule has 44 heavy (non-hydrogen) atoms. The van der Waals surface area contributed by atoms with Crippen LogP contribution in [0.1, 0.15) is 93.4 Å². The molecule has 10 atom stereocenters. The molecule has 5 heteroatoms. The van der Waals surface area contributed by atoms with Gasteiger partial charge in [-0.05, 0) is 86.3 Å². The second-order valence-corrected chi connectivity index (χ2v) is 15.2. The van der Waals surface area contributed by atoms with Crippen LogP contribution in [-0.4, -0.2) is 49.0 Å². The zero-order valence-corrected chi connectivity index (χ0v) is 28.7. The van der Waals surface area contributed by atoms with Crippen molar-refractivity contribution in [2.24, 2.45) is 35.0 Å². The lowest BCUT2D eigenvalue weighted by Crippen LogP contribution is -2.55. The van der Waals surface area contributed by atoms with Gasteiger partial charge in [0, 0.05) is 36.9 Å². The number of nitrogens with one attached hydrogen (secondary N) is 1. The monoisotopic (exact) mass is 605 g/mol. The van der Waals surface area contributed by atoms with Crippen LogP contribution in [0.5, 0.6) is 0 Å². The maximum Gasteiger partial charge on any atom is 0.193 e. The molecule has 10 unspecified atom stereocenters. The fourth-order valence-electron chi connectivity index (χ4n) is 8.92. The number of rotatable bonds is 3. The number of hydrogen-bond acceptors (Lipinski definition) is 5. The lowest BCUT2D eigenvalue weighted by Gasteiger charge is -2.51. The van der Waals surface area contributed by atoms with Crippen molar-refractivity contribution in [1.82, 2.24) is 5.32 Å². The smallest absolute Gasteiger partial charge is 0.193 e. The molecule has 0 aromatic carbocycles. The van der Waals surface area contributed by atoms with Crippen LogP contribution in [-0.2, 0) is 14.2 Å². The fourth-order valence-corrected chi connectivity index (χ4v) is 8.92. The van der Waals surface area contributed by atoms with Crippen LogP contribution in [0.3, 0.4) is 0 Å². The van der Waals surface area contributed by atoms with Crippen molar-refractivity contribution in [2.45, 2.75) is 124 Å². The third kappa shape index (κ3) is 6.63. The Bertz CT molecular complexity index is 1220. The van der Waals surface area contributed by atoms with Gasteiger partial charge in [-0.2, -0.15) is 0 Å². The van der Waals surface area contributed by atoms with Crippen LogP contribution in [0.15, 0.2) is 71.0 Å². The molecular weight excluding hydrogens is 546 g/mol. The maximum atomic E-state index is 11.3. The second-order valence-electron chi connectivity index (χ2n) is 15.2. The molecule has 2 N–H and O–H groups in total. The Hall–Kier alpha value is -1.92. The first-order chi connectivity index (χ1) is 20.9. The fraction of sp³-hybridized carbons (Fsp3) is 0.692. The summed E-state index contributed by atoms with van der Waals surface area (Å²) in [4.78, 5) is 0. The Morgan fingerprint density at radius 1 is 1.18 bits per heavy atom. The molecule has 0 radical (unpaired) electrons. The van der Waals surface area contributed by atoms with Gasteiger partial charge >= 0.3 is 0 Å². The van der Waals surface area contributed by atoms with Gasteiger partial charge in [-0.25, -0.2) is 0 Å². The highest BCUT2D eigenvalue weighted by atomic mass is 16.7. The molecule has 2 saturated heterocycles. The first-order valence-electron chi connectivity index (χ1n) is 17.3. The maximum absolute atomic E-state index is 11.3. The summed E-state index contributed by atoms with van der Waals surface area (Å²) >= 11 is 0. The summed E-state index contributed by atoms with van der Waals surface area (Å²) in [6, 6.07) is 0. The van der Waals surface area contributed by atoms with E-state index in [1.807, 2.05) is 7.05 Å². The average molecular weight is 606 g/mol. The standard InChI is InChI=1S/C39H59NO4/c1-24(2)17-27(5)37-28(6)19-29(7)39(44-37)22-34-21-33(43-39)15-14-32(40-9)18-25(3)11-10-12-30-13-16-35-36(41)26(4)20-31(23-42-34)38(30,35)8/h10-12,14,17,20,24-25,28,31,33-37,40-41H,7,13,15-16,18-19,21-23H2,1-6,8-9H3/b11-10+,27-17+,30-12+,32-14-. The van der Waals surface area contributed by atoms with E-state index in [4.69, 9.17) is 14.2 Å². The van der Waals surface area contributed by atoms with E-state index in [0.29, 0.717) is 30.8 Å². The van der Waals surface area contributed by atoms with E-state index in [0.717, 1.165) is 49.7 Å². The van der Waals surface area contributed by atoms with Crippen LogP contribution in [0.2, 0.25) is 0 Å². The van der Waals surface area contributed by atoms with E-state index in [-0.39, 0.29) is 35.6 Å². The van der Waals surface area contributed by atoms with Crippen molar-refractivity contribution >= 4 is 0 Å². The number of hydrogen-bond donors (Lipinski definition) is 2. The predicted molar refractivity (Wildman–Crippen MR) is 180 cm³/mol. The van der Waals surface area contributed by atoms with Gasteiger partial charge in [0.1, 0.15) is 0 Å². The van der Waals surface area contributed by atoms with Gasteiger partial charge in [0.15, 0.2) is 5.79 Å². The number of ether oxygens (including phenoxy) is 3. The molecule has 5 nitrogen and oxygen atoms in total. The topological polar surface area (TPSA) is 60.0 Å². The third-order valence-corrected chi connectivity index (χ3v) is 11.4. The van der Waals surface area contributed by atoms with E-state index in [1.54, 1.807) is 0 Å². The Morgan fingerprint density at radius 2 is 1.95 bits per heavy atom. The highest BCUT2D eigenvalue weighted by molar-refractivity contribution is 5.34. The molecule has 244 valence electrons. The largest absolute Gasteiger partial charge is 0.392 e. The molecule has 3 aliphatic heterocycles. The van der Waals surface area contributed by atoms with Gasteiger partial charge in [0.25, 0.3) is 0 Å². The van der Waals surface area contributed by atoms with Gasteiger partial charge in [-0.15, -0.1) is 0 Å². The average Bonchev–Trinajstić information content (AvgIpc) is 3.30. The number of allylic oxidation sites excluding steroid dienone is 6. The summed E-state index contributed by atoms with van der Waals surface area (Å²) in [5, 5.41) is 14.7. The summed E-state index contributed by atoms with van der Waals surface area (Å²) < 4.78 is 21.0. The highest BCUT2D eigenvalue weighted by Crippen LogP contribution is 2.58. The molecular formula is C39H59NO4. The van der Waals surface area contributed by atoms with Gasteiger partial charge in [0.2, 0.25) is 0 Å². The van der Waals surface area contributed by atoms with Crippen LogP contribution >= 0.6 is 0 Å². The summed E-state index contributed by atoms with van der Waals surface area (Å²) in [6.07, 6.45) is 19.6. The van der Waals surface area contributed by atoms with Gasteiger partial charge < -0.3 is 24.6 Å². The molecule has 0 aromatic rings. The van der Waals surface area contributed by atoms with Crippen LogP contribution in [0.25, 0.3) is 0 Å². The van der Waals surface area contributed by atoms with Crippen molar-refractivity contribution in [2.75, 3.05) is 13.7 Å². The van der Waals surface area contributed by atoms with E-state index < -0.39 is 11.9 Å². The Labute approximate surface area is 267 Å². The lowest BCUT2D eigenvalue weighted by molar-refractivity contribution is -0.305. The molecule has 1 spiro atoms. The summed E-state index contributed by atoms with van der Waals surface area (Å²) in [5.41, 5.74) is 5.93. The number of aliphatic hydroxyl groups excluding tert-OH is 1. The molecule has 3 heterocycles. The van der Waals surface area contributed by atoms with Gasteiger partial charge in [-0.3, -0.25) is 0 Å². The molecule has 5 aliphatic rings. The minimum Gasteiger partial charge on any atom is -0.392 e. The predicted octanol–water partition coefficient (Wildman–Crippen LogP) is 8.20. The third-order valence-electron chi connectivity index (χ3n) is 11.4. The second kappa shape index (κ2) is 13.4. The summed E-state index contributed by atoms with van der Waals surface area (Å²) in [7, 11) is 2.02. The minimum atomic E-state index is -0.856. The molecule has 3 fully saturated rings. The zero-order chi connectivity index (χ0) is 31.8. The van der Waals surface area contributed by atoms with Gasteiger partial charge in [0.05, 0.1) is 31.0 Å². The molecule has 2 bridgehead atoms. The van der Waals surface area contributed by atoms with E-state index in [2.05, 4.69) is 96.8 Å². The summed E-state index contributed by atoms with van der Waals surface area (Å²) in [6.45, 7) is 20.8. The summed E-state index contributed by atoms with van der Waals surface area (Å²) in [5.74, 6) is 0.758. The van der Waals surface area contributed by atoms with Crippen LogP contribution in [0.4, 0.5) is 0 Å². The van der Waals surface area contributed by atoms with Crippen molar-refractivity contribution in [3.8, 4) is 0 Å². The molecule has 0 aromatic heterocycles. The Kier molecular flexibility index (Phi) is 10.2. The first-order valence-corrected chi connectivity index (χ1v) is 17.3. The number of fused-ring (bicyclic) bond motifs is 2. The van der Waals surface area contributed by atoms with Crippen molar-refractivity contribution in [3.63, 3.8) is 0 Å². The molecule has 5 rings (SSSR count). The number of aliphatic hydroxyl groups is 1. The lowest BCUT2D eigenvalue weighted by atomic mass is 9.61. The zero-order valence-electron chi connectivity index (χ0n) is 28.7. The van der Waals surface area contributed by atoms with Crippen LogP contribution in [0, 0.1) is 35.0 Å². The van der Waals surface area contributed by atoms with Crippen molar-refractivity contribution in [3.05, 3.63) is 71.0 Å². The first kappa shape index (κ1) is 33.4. The SMILES string of the molecule is C=C1CC(C)C(/C(C)=C/C(C)C)OC12CC1CC(C/C=C(\NC)CC(C)/C=C/C=C3\CCC4C(O)C(C)=CC(CO1)C34C)O2. The quantitative estimate of drug-likeness (QED) is 0.318. The van der Waals surface area contributed by atoms with Crippen molar-refractivity contribution < 1.29 is 19.3 Å².